The molecule has 0 saturated carbocycles. The van der Waals surface area contributed by atoms with Crippen LogP contribution in [0.1, 0.15) is 80.3 Å². The van der Waals surface area contributed by atoms with Crippen molar-refractivity contribution in [2.75, 3.05) is 64.5 Å². The molecule has 2 aromatic carbocycles. The third-order valence-electron chi connectivity index (χ3n) is 12.9. The second-order valence-electron chi connectivity index (χ2n) is 16.6. The number of aliphatic hydroxyl groups excluding tert-OH is 1. The minimum atomic E-state index is -4.11. The monoisotopic (exact) mass is 786 g/mol. The van der Waals surface area contributed by atoms with Gasteiger partial charge in [-0.2, -0.15) is 0 Å². The highest BCUT2D eigenvalue weighted by Crippen LogP contribution is 2.45. The van der Waals surface area contributed by atoms with Crippen LogP contribution in [0.15, 0.2) is 48.3 Å². The summed E-state index contributed by atoms with van der Waals surface area (Å²) in [6, 6.07) is 10.2. The van der Waals surface area contributed by atoms with E-state index in [1.807, 2.05) is 19.2 Å². The van der Waals surface area contributed by atoms with Gasteiger partial charge in [-0.1, -0.05) is 30.7 Å². The second-order valence-corrected chi connectivity index (χ2v) is 19.0. The maximum atomic E-state index is 16.7. The highest BCUT2D eigenvalue weighted by molar-refractivity contribution is 7.90. The lowest BCUT2D eigenvalue weighted by molar-refractivity contribution is -0.0263. The van der Waals surface area contributed by atoms with E-state index in [0.717, 1.165) is 64.7 Å². The summed E-state index contributed by atoms with van der Waals surface area (Å²) in [5.74, 6) is -0.471. The molecule has 4 aliphatic heterocycles. The Labute approximate surface area is 325 Å². The molecule has 2 N–H and O–H groups in total. The summed E-state index contributed by atoms with van der Waals surface area (Å²) in [4.78, 5) is 20.0. The largest absolute Gasteiger partial charge is 0.490 e. The van der Waals surface area contributed by atoms with Gasteiger partial charge in [0.1, 0.15) is 11.6 Å². The van der Waals surface area contributed by atoms with Gasteiger partial charge in [-0.15, -0.1) is 0 Å². The van der Waals surface area contributed by atoms with E-state index in [9.17, 15) is 18.3 Å². The van der Waals surface area contributed by atoms with Crippen molar-refractivity contribution in [2.24, 2.45) is 11.8 Å². The van der Waals surface area contributed by atoms with Crippen LogP contribution in [0, 0.1) is 11.8 Å². The molecule has 2 fully saturated rings. The molecule has 2 saturated heterocycles. The number of nitrogens with zero attached hydrogens (tertiary/aromatic N) is 3. The topological polar surface area (TPSA) is 112 Å². The molecule has 7 rings (SSSR count). The average Bonchev–Trinajstić information content (AvgIpc) is 3.29. The number of sulfonamides is 1. The number of anilines is 1. The van der Waals surface area contributed by atoms with E-state index in [1.165, 1.54) is 17.2 Å². The zero-order chi connectivity index (χ0) is 38.2. The van der Waals surface area contributed by atoms with Gasteiger partial charge < -0.3 is 24.4 Å². The Morgan fingerprint density at radius 1 is 1.15 bits per heavy atom. The predicted molar refractivity (Wildman–Crippen MR) is 210 cm³/mol. The van der Waals surface area contributed by atoms with Gasteiger partial charge in [0, 0.05) is 61.4 Å². The number of hydrogen-bond acceptors (Lipinski definition) is 9. The van der Waals surface area contributed by atoms with E-state index in [0.29, 0.717) is 55.2 Å². The predicted octanol–water partition coefficient (Wildman–Crippen LogP) is 5.71. The molecule has 296 valence electrons. The number of likely N-dealkylation sites (N-methyl/N-ethyl adjacent to an activating group) is 1. The number of halogens is 2. The summed E-state index contributed by atoms with van der Waals surface area (Å²) < 4.78 is 58.1. The van der Waals surface area contributed by atoms with Gasteiger partial charge in [0.2, 0.25) is 10.0 Å². The molecule has 0 radical (unpaired) electrons. The number of fused-ring (bicyclic) bond motifs is 4. The van der Waals surface area contributed by atoms with E-state index < -0.39 is 45.1 Å². The van der Waals surface area contributed by atoms with Crippen LogP contribution in [0.4, 0.5) is 10.1 Å². The number of aryl methyl sites for hydroxylation is 1. The number of hydrogen-bond donors (Lipinski definition) is 2. The van der Waals surface area contributed by atoms with Gasteiger partial charge in [-0.3, -0.25) is 9.69 Å². The quantitative estimate of drug-likeness (QED) is 0.381. The first-order chi connectivity index (χ1) is 25.8. The molecule has 2 bridgehead atoms. The number of nitrogens with one attached hydrogen (secondary N) is 1. The maximum absolute atomic E-state index is 16.7. The molecule has 6 atom stereocenters. The molecule has 0 unspecified atom stereocenters. The van der Waals surface area contributed by atoms with Crippen molar-refractivity contribution in [3.63, 3.8) is 0 Å². The Morgan fingerprint density at radius 2 is 1.94 bits per heavy atom. The van der Waals surface area contributed by atoms with Crippen molar-refractivity contribution in [1.29, 1.82) is 0 Å². The van der Waals surface area contributed by atoms with E-state index in [-0.39, 0.29) is 23.4 Å². The van der Waals surface area contributed by atoms with Gasteiger partial charge in [-0.25, -0.2) is 17.5 Å². The molecule has 2 aromatic rings. The molecule has 1 spiro atoms. The van der Waals surface area contributed by atoms with Crippen LogP contribution in [0.3, 0.4) is 0 Å². The second kappa shape index (κ2) is 16.4. The molecule has 10 nitrogen and oxygen atoms in total. The summed E-state index contributed by atoms with van der Waals surface area (Å²) in [5, 5.41) is 11.6. The lowest BCUT2D eigenvalue weighted by Crippen LogP contribution is -2.62. The van der Waals surface area contributed by atoms with Gasteiger partial charge in [-0.05, 0) is 125 Å². The van der Waals surface area contributed by atoms with Gasteiger partial charge >= 0.3 is 0 Å². The van der Waals surface area contributed by atoms with Crippen LogP contribution in [-0.4, -0.2) is 112 Å². The molecule has 1 amide bonds. The molecule has 0 aromatic heterocycles. The lowest BCUT2D eigenvalue weighted by atomic mass is 9.70. The molecule has 4 heterocycles. The fourth-order valence-corrected chi connectivity index (χ4v) is 10.7. The minimum Gasteiger partial charge on any atom is -0.490 e. The fraction of sp³-hybridized carbons (Fsp3) is 0.634. The summed E-state index contributed by atoms with van der Waals surface area (Å²) in [6.07, 6.45) is 7.24. The van der Waals surface area contributed by atoms with Crippen LogP contribution in [0.25, 0.3) is 0 Å². The summed E-state index contributed by atoms with van der Waals surface area (Å²) in [7, 11) is -2.12. The van der Waals surface area contributed by atoms with E-state index in [2.05, 4.69) is 25.5 Å². The number of aliphatic hydroxyl groups is 1. The number of carbonyl (C=O) groups excluding carboxylic acids is 1. The minimum absolute atomic E-state index is 0.0882. The van der Waals surface area contributed by atoms with Crippen molar-refractivity contribution < 1.29 is 32.2 Å². The van der Waals surface area contributed by atoms with Crippen LogP contribution < -0.4 is 14.4 Å². The first-order valence-corrected chi connectivity index (χ1v) is 21.7. The standard InChI is InChI=1S/C41H56ClFN4O6S/c1-27-6-10-35(43)39(37(48)24-45(3)17-12-29-14-19-52-20-15-29)47-18-13-33(47)23-46-25-41(16-4-5-30-21-32(42)8-9-34(30)41)26-53-38-11-7-31(22-36(38)46)40(49)44-54(50,51)28(27)2/h7-11,21-22,27-29,33,37,39,48H,4-6,12-20,23-26H2,1-3H3,(H,44,49)/b35-10-/t27-,28+,33-,37-,39+,41-/m0/s1. The van der Waals surface area contributed by atoms with Gasteiger partial charge in [0.05, 0.1) is 29.7 Å². The lowest BCUT2D eigenvalue weighted by Gasteiger charge is -2.50. The first kappa shape index (κ1) is 39.5. The molecule has 1 aliphatic carbocycles. The van der Waals surface area contributed by atoms with Crippen LogP contribution in [-0.2, 0) is 26.6 Å². The van der Waals surface area contributed by atoms with Crippen LogP contribution in [0.5, 0.6) is 5.75 Å². The Bertz CT molecular complexity index is 1820. The Kier molecular flexibility index (Phi) is 12.0. The third kappa shape index (κ3) is 8.34. The van der Waals surface area contributed by atoms with Crippen LogP contribution in [0.2, 0.25) is 5.02 Å². The Morgan fingerprint density at radius 3 is 2.70 bits per heavy atom. The van der Waals surface area contributed by atoms with E-state index >= 15 is 4.39 Å². The normalized spacial score (nSPS) is 30.9. The first-order valence-electron chi connectivity index (χ1n) is 19.8. The third-order valence-corrected chi connectivity index (χ3v) is 15.0. The summed E-state index contributed by atoms with van der Waals surface area (Å²) in [6.45, 7) is 8.08. The van der Waals surface area contributed by atoms with Crippen LogP contribution >= 0.6 is 11.6 Å². The fourth-order valence-electron chi connectivity index (χ4n) is 9.24. The maximum Gasteiger partial charge on any atom is 0.264 e. The number of rotatable bonds is 6. The molecular weight excluding hydrogens is 731 g/mol. The molecule has 5 aliphatic rings. The van der Waals surface area contributed by atoms with Crippen molar-refractivity contribution >= 4 is 33.2 Å². The zero-order valence-electron chi connectivity index (χ0n) is 31.8. The van der Waals surface area contributed by atoms with Crippen molar-refractivity contribution in [2.45, 2.75) is 94.1 Å². The van der Waals surface area contributed by atoms with Crippen molar-refractivity contribution in [3.05, 3.63) is 70.0 Å². The summed E-state index contributed by atoms with van der Waals surface area (Å²) >= 11 is 6.46. The zero-order valence-corrected chi connectivity index (χ0v) is 33.4. The van der Waals surface area contributed by atoms with Gasteiger partial charge in [0.15, 0.2) is 0 Å². The van der Waals surface area contributed by atoms with Gasteiger partial charge in [0.25, 0.3) is 5.91 Å². The van der Waals surface area contributed by atoms with E-state index in [1.54, 1.807) is 32.0 Å². The van der Waals surface area contributed by atoms with Crippen molar-refractivity contribution in [1.82, 2.24) is 14.5 Å². The smallest absolute Gasteiger partial charge is 0.264 e. The highest BCUT2D eigenvalue weighted by atomic mass is 35.5. The Hall–Kier alpha value is -2.74. The number of ether oxygens (including phenoxy) is 2. The number of carbonyl (C=O) groups is 1. The van der Waals surface area contributed by atoms with Crippen molar-refractivity contribution in [3.8, 4) is 5.75 Å². The Balaban J connectivity index is 1.23. The number of amides is 1. The molecule has 13 heteroatoms. The summed E-state index contributed by atoms with van der Waals surface area (Å²) in [5.41, 5.74) is 2.94. The SMILES string of the molecule is C[C@@H]1[C@@H](C)C/C=C(\F)[C@H]([C@@H](O)CN(C)CCC2CCOCC2)N2CC[C@H]2CN2C[C@@]3(CCCc4cc(Cl)ccc43)COc3ccc(cc32)C(=O)NS1(=O)=O. The average molecular weight is 787 g/mol. The molecule has 54 heavy (non-hydrogen) atoms. The number of allylic oxidation sites excluding steroid dienone is 1. The molecular formula is C41H56ClFN4O6S. The number of benzene rings is 2. The van der Waals surface area contributed by atoms with E-state index in [4.69, 9.17) is 21.1 Å². The highest BCUT2D eigenvalue weighted by Gasteiger charge is 2.45.